The highest BCUT2D eigenvalue weighted by molar-refractivity contribution is 7.16. The topological polar surface area (TPSA) is 103 Å². The molecule has 5 rings (SSSR count). The molecule has 1 unspecified atom stereocenters. The summed E-state index contributed by atoms with van der Waals surface area (Å²) in [5.74, 6) is -0.465. The van der Waals surface area contributed by atoms with E-state index in [2.05, 4.69) is 15.4 Å². The minimum Gasteiger partial charge on any atom is -0.456 e. The molecule has 0 aliphatic heterocycles. The van der Waals surface area contributed by atoms with E-state index in [4.69, 9.17) is 4.74 Å². The monoisotopic (exact) mass is 488 g/mol. The number of benzene rings is 2. The van der Waals surface area contributed by atoms with Crippen LogP contribution in [0, 0.1) is 0 Å². The fourth-order valence-corrected chi connectivity index (χ4v) is 4.93. The summed E-state index contributed by atoms with van der Waals surface area (Å²) < 4.78 is 6.67. The molecule has 2 heterocycles. The number of fused-ring (bicyclic) bond motifs is 1. The van der Waals surface area contributed by atoms with Gasteiger partial charge in [0.2, 0.25) is 10.9 Å². The van der Waals surface area contributed by atoms with E-state index in [-0.39, 0.29) is 24.0 Å². The summed E-state index contributed by atoms with van der Waals surface area (Å²) in [5, 5.41) is 8.17. The van der Waals surface area contributed by atoms with Gasteiger partial charge in [-0.25, -0.2) is 9.78 Å². The highest BCUT2D eigenvalue weighted by atomic mass is 32.1. The van der Waals surface area contributed by atoms with Crippen LogP contribution in [0.3, 0.4) is 0 Å². The van der Waals surface area contributed by atoms with Crippen LogP contribution in [0.25, 0.3) is 4.96 Å². The largest absolute Gasteiger partial charge is 0.456 e. The van der Waals surface area contributed by atoms with E-state index in [0.29, 0.717) is 34.2 Å². The van der Waals surface area contributed by atoms with Crippen LogP contribution in [-0.4, -0.2) is 26.5 Å². The Morgan fingerprint density at radius 3 is 2.57 bits per heavy atom. The average molecular weight is 489 g/mol. The highest BCUT2D eigenvalue weighted by Crippen LogP contribution is 2.41. The third-order valence-electron chi connectivity index (χ3n) is 5.91. The Hall–Kier alpha value is -3.85. The number of hydrogen-bond acceptors (Lipinski definition) is 7. The van der Waals surface area contributed by atoms with Crippen LogP contribution in [0.15, 0.2) is 65.5 Å². The fourth-order valence-electron chi connectivity index (χ4n) is 3.84. The van der Waals surface area contributed by atoms with E-state index >= 15 is 0 Å². The van der Waals surface area contributed by atoms with E-state index in [1.54, 1.807) is 24.3 Å². The zero-order valence-electron chi connectivity index (χ0n) is 19.1. The molecule has 1 N–H and O–H groups in total. The van der Waals surface area contributed by atoms with Crippen LogP contribution in [0.4, 0.5) is 5.69 Å². The zero-order chi connectivity index (χ0) is 24.4. The molecule has 1 fully saturated rings. The quantitative estimate of drug-likeness (QED) is 0.366. The first-order valence-corrected chi connectivity index (χ1v) is 12.4. The Labute approximate surface area is 205 Å². The summed E-state index contributed by atoms with van der Waals surface area (Å²) in [4.78, 5) is 42.5. The predicted molar refractivity (Wildman–Crippen MR) is 133 cm³/mol. The number of carbonyl (C=O) groups excluding carboxylic acids is 2. The Morgan fingerprint density at radius 1 is 1.14 bits per heavy atom. The lowest BCUT2D eigenvalue weighted by molar-refractivity contribution is -0.117. The molecule has 0 spiro atoms. The summed E-state index contributed by atoms with van der Waals surface area (Å²) in [6.45, 7) is 1.85. The Balaban J connectivity index is 1.20. The molecule has 1 saturated carbocycles. The summed E-state index contributed by atoms with van der Waals surface area (Å²) >= 11 is 1.40. The van der Waals surface area contributed by atoms with Gasteiger partial charge in [0, 0.05) is 17.7 Å². The molecule has 2 aromatic heterocycles. The predicted octanol–water partition coefficient (Wildman–Crippen LogP) is 4.52. The molecule has 35 heavy (non-hydrogen) atoms. The summed E-state index contributed by atoms with van der Waals surface area (Å²) in [6, 6.07) is 17.5. The van der Waals surface area contributed by atoms with Crippen LogP contribution in [0.1, 0.15) is 64.6 Å². The first-order chi connectivity index (χ1) is 17.0. The second kappa shape index (κ2) is 9.79. The van der Waals surface area contributed by atoms with Gasteiger partial charge >= 0.3 is 5.97 Å². The lowest BCUT2D eigenvalue weighted by Gasteiger charge is -2.15. The van der Waals surface area contributed by atoms with Gasteiger partial charge in [0.25, 0.3) is 5.56 Å². The van der Waals surface area contributed by atoms with Gasteiger partial charge in [-0.2, -0.15) is 9.61 Å². The number of anilines is 1. The number of nitrogens with one attached hydrogen (secondary N) is 1. The van der Waals surface area contributed by atoms with Gasteiger partial charge in [-0.05, 0) is 49.1 Å². The van der Waals surface area contributed by atoms with Crippen LogP contribution >= 0.6 is 11.3 Å². The first kappa shape index (κ1) is 22.9. The van der Waals surface area contributed by atoms with Crippen LogP contribution in [0.5, 0.6) is 0 Å². The third-order valence-corrected chi connectivity index (χ3v) is 6.98. The van der Waals surface area contributed by atoms with Crippen molar-refractivity contribution in [1.29, 1.82) is 0 Å². The average Bonchev–Trinajstić information content (AvgIpc) is 3.63. The Bertz CT molecular complexity index is 1430. The van der Waals surface area contributed by atoms with Crippen molar-refractivity contribution in [3.05, 3.63) is 92.8 Å². The number of ether oxygens (including phenoxy) is 1. The molecule has 1 aliphatic carbocycles. The minimum absolute atomic E-state index is 0.102. The number of carbonyl (C=O) groups is 2. The van der Waals surface area contributed by atoms with Gasteiger partial charge in [0.15, 0.2) is 0 Å². The lowest BCUT2D eigenvalue weighted by atomic mass is 9.95. The maximum atomic E-state index is 12.7. The number of rotatable bonds is 8. The van der Waals surface area contributed by atoms with Crippen LogP contribution < -0.4 is 10.9 Å². The third kappa shape index (κ3) is 5.14. The smallest absolute Gasteiger partial charge is 0.338 e. The maximum Gasteiger partial charge on any atom is 0.338 e. The van der Waals surface area contributed by atoms with Crippen molar-refractivity contribution >= 4 is 33.9 Å². The minimum atomic E-state index is -0.538. The van der Waals surface area contributed by atoms with Crippen molar-refractivity contribution in [2.45, 2.75) is 44.6 Å². The van der Waals surface area contributed by atoms with E-state index in [1.165, 1.54) is 21.9 Å². The molecule has 9 heteroatoms. The van der Waals surface area contributed by atoms with Crippen molar-refractivity contribution in [3.63, 3.8) is 0 Å². The maximum absolute atomic E-state index is 12.7. The molecule has 2 aromatic carbocycles. The van der Waals surface area contributed by atoms with E-state index in [1.807, 2.05) is 37.3 Å². The van der Waals surface area contributed by atoms with Gasteiger partial charge in [-0.1, -0.05) is 48.6 Å². The normalized spacial score (nSPS) is 14.0. The molecule has 178 valence electrons. The molecular weight excluding hydrogens is 464 g/mol. The number of nitrogens with zero attached hydrogens (tertiary/aromatic N) is 3. The fraction of sp³-hybridized carbons (Fsp3) is 0.269. The van der Waals surface area contributed by atoms with Crippen LogP contribution in [-0.2, 0) is 16.1 Å². The van der Waals surface area contributed by atoms with Crippen molar-refractivity contribution in [2.75, 3.05) is 5.32 Å². The van der Waals surface area contributed by atoms with Gasteiger partial charge in [0.05, 0.1) is 17.2 Å². The van der Waals surface area contributed by atoms with E-state index in [9.17, 15) is 14.4 Å². The number of hydrogen-bond donors (Lipinski definition) is 1. The Morgan fingerprint density at radius 2 is 1.89 bits per heavy atom. The second-order valence-electron chi connectivity index (χ2n) is 8.51. The summed E-state index contributed by atoms with van der Waals surface area (Å²) in [6.07, 6.45) is 2.86. The van der Waals surface area contributed by atoms with E-state index < -0.39 is 5.97 Å². The highest BCUT2D eigenvalue weighted by Gasteiger charge is 2.28. The molecule has 4 aromatic rings. The van der Waals surface area contributed by atoms with Gasteiger partial charge in [-0.3, -0.25) is 9.59 Å². The lowest BCUT2D eigenvalue weighted by Crippen LogP contribution is -2.20. The van der Waals surface area contributed by atoms with E-state index in [0.717, 1.165) is 23.4 Å². The Kier molecular flexibility index (Phi) is 6.41. The van der Waals surface area contributed by atoms with Gasteiger partial charge < -0.3 is 10.1 Å². The van der Waals surface area contributed by atoms with Crippen molar-refractivity contribution in [2.24, 2.45) is 0 Å². The molecule has 0 radical (unpaired) electrons. The van der Waals surface area contributed by atoms with Crippen LogP contribution in [0.2, 0.25) is 0 Å². The first-order valence-electron chi connectivity index (χ1n) is 11.5. The molecule has 1 aliphatic rings. The molecular formula is C26H24N4O4S. The summed E-state index contributed by atoms with van der Waals surface area (Å²) in [7, 11) is 0. The van der Waals surface area contributed by atoms with Crippen molar-refractivity contribution < 1.29 is 14.3 Å². The summed E-state index contributed by atoms with van der Waals surface area (Å²) in [5.41, 5.74) is 1.98. The molecule has 0 saturated heterocycles. The molecule has 8 nitrogen and oxygen atoms in total. The zero-order valence-corrected chi connectivity index (χ0v) is 20.0. The standard InChI is InChI=1S/C26H24N4O4S/c1-2-21(16-6-4-3-5-7-16)23(32)27-19-12-10-18(11-13-19)25(33)34-15-20-14-22(31)30-26(28-20)35-24(29-30)17-8-9-17/h3-7,10-14,17,21H,2,8-9,15H2,1H3,(H,27,32). The number of aromatic nitrogens is 3. The van der Waals surface area contributed by atoms with Crippen molar-refractivity contribution in [1.82, 2.24) is 14.6 Å². The molecule has 1 atom stereocenters. The molecule has 1 amide bonds. The SMILES string of the molecule is CCC(C(=O)Nc1ccc(C(=O)OCc2cc(=O)n3nc(C4CC4)sc3n2)cc1)c1ccccc1. The van der Waals surface area contributed by atoms with Gasteiger partial charge in [-0.15, -0.1) is 0 Å². The number of esters is 1. The number of amides is 1. The van der Waals surface area contributed by atoms with Crippen molar-refractivity contribution in [3.8, 4) is 0 Å². The molecule has 0 bridgehead atoms. The second-order valence-corrected chi connectivity index (χ2v) is 9.50. The van der Waals surface area contributed by atoms with Gasteiger partial charge in [0.1, 0.15) is 11.6 Å².